The highest BCUT2D eigenvalue weighted by Crippen LogP contribution is 2.35. The summed E-state index contributed by atoms with van der Waals surface area (Å²) in [4.78, 5) is 10.9. The van der Waals surface area contributed by atoms with Crippen molar-refractivity contribution in [2.45, 2.75) is 26.2 Å². The molecule has 0 fully saturated rings. The second kappa shape index (κ2) is 6.70. The van der Waals surface area contributed by atoms with Crippen LogP contribution in [0.15, 0.2) is 42.0 Å². The number of carbonyl (C=O) groups is 1. The van der Waals surface area contributed by atoms with Gasteiger partial charge in [0.05, 0.1) is 11.7 Å². The van der Waals surface area contributed by atoms with Crippen molar-refractivity contribution in [1.29, 1.82) is 5.26 Å². The maximum atomic E-state index is 10.9. The van der Waals surface area contributed by atoms with Gasteiger partial charge in [0, 0.05) is 5.56 Å². The minimum Gasteiger partial charge on any atom is -0.477 e. The van der Waals surface area contributed by atoms with E-state index >= 15 is 0 Å². The molecule has 1 aromatic heterocycles. The van der Waals surface area contributed by atoms with Gasteiger partial charge in [0.15, 0.2) is 0 Å². The summed E-state index contributed by atoms with van der Waals surface area (Å²) in [5.74, 6) is -1.23. The Morgan fingerprint density at radius 3 is 2.35 bits per heavy atom. The van der Waals surface area contributed by atoms with E-state index in [9.17, 15) is 4.79 Å². The summed E-state index contributed by atoms with van der Waals surface area (Å²) in [5.41, 5.74) is 5.24. The zero-order valence-electron chi connectivity index (χ0n) is 14.6. The van der Waals surface area contributed by atoms with E-state index in [1.54, 1.807) is 18.2 Å². The van der Waals surface area contributed by atoms with Crippen LogP contribution in [-0.2, 0) is 10.2 Å². The Morgan fingerprint density at radius 2 is 1.77 bits per heavy atom. The fourth-order valence-corrected chi connectivity index (χ4v) is 3.35. The Balaban J connectivity index is 2.05. The molecule has 0 aliphatic heterocycles. The van der Waals surface area contributed by atoms with Crippen molar-refractivity contribution < 1.29 is 9.90 Å². The largest absolute Gasteiger partial charge is 0.477 e. The molecule has 2 aromatic carbocycles. The van der Waals surface area contributed by atoms with Crippen molar-refractivity contribution in [2.75, 3.05) is 0 Å². The molecule has 26 heavy (non-hydrogen) atoms. The topological polar surface area (TPSA) is 86.9 Å². The average molecular weight is 363 g/mol. The van der Waals surface area contributed by atoms with Crippen molar-refractivity contribution in [1.82, 2.24) is 8.75 Å². The molecule has 0 bridgehead atoms. The third kappa shape index (κ3) is 3.35. The summed E-state index contributed by atoms with van der Waals surface area (Å²) >= 11 is 1.20. The van der Waals surface area contributed by atoms with Crippen molar-refractivity contribution in [2.24, 2.45) is 0 Å². The molecule has 0 saturated heterocycles. The molecule has 0 unspecified atom stereocenters. The molecule has 0 aliphatic rings. The van der Waals surface area contributed by atoms with Crippen molar-refractivity contribution >= 4 is 34.8 Å². The highest BCUT2D eigenvalue weighted by molar-refractivity contribution is 7.00. The van der Waals surface area contributed by atoms with Crippen LogP contribution in [0.25, 0.3) is 28.2 Å². The highest BCUT2D eigenvalue weighted by atomic mass is 32.1. The fourth-order valence-electron chi connectivity index (χ4n) is 2.77. The standard InChI is InChI=1S/C20H17N3O2S/c1-20(2,3)16-9-8-15(17-18(16)23-26-22-17)13-6-4-12(5-7-13)10-14(11-21)19(24)25/h4-10H,1-3H3,(H,24,25)/b14-10+. The number of hydrogen-bond donors (Lipinski definition) is 1. The monoisotopic (exact) mass is 363 g/mol. The molecule has 3 aromatic rings. The molecule has 0 radical (unpaired) electrons. The van der Waals surface area contributed by atoms with Gasteiger partial charge >= 0.3 is 5.97 Å². The van der Waals surface area contributed by atoms with E-state index in [0.717, 1.165) is 27.7 Å². The van der Waals surface area contributed by atoms with Gasteiger partial charge in [0.2, 0.25) is 0 Å². The lowest BCUT2D eigenvalue weighted by Crippen LogP contribution is -2.11. The molecular formula is C20H17N3O2S. The van der Waals surface area contributed by atoms with Crippen LogP contribution in [0.5, 0.6) is 0 Å². The first-order valence-electron chi connectivity index (χ1n) is 8.02. The third-order valence-electron chi connectivity index (χ3n) is 4.11. The van der Waals surface area contributed by atoms with Crippen LogP contribution < -0.4 is 0 Å². The summed E-state index contributed by atoms with van der Waals surface area (Å²) in [7, 11) is 0. The predicted octanol–water partition coefficient (Wildman–Crippen LogP) is 4.65. The Hall–Kier alpha value is -3.04. The van der Waals surface area contributed by atoms with Gasteiger partial charge in [-0.05, 0) is 28.2 Å². The number of nitriles is 1. The average Bonchev–Trinajstić information content (AvgIpc) is 3.07. The van der Waals surface area contributed by atoms with E-state index in [1.807, 2.05) is 18.2 Å². The predicted molar refractivity (Wildman–Crippen MR) is 103 cm³/mol. The lowest BCUT2D eigenvalue weighted by Gasteiger charge is -2.19. The number of rotatable bonds is 3. The summed E-state index contributed by atoms with van der Waals surface area (Å²) in [6, 6.07) is 13.2. The first-order valence-corrected chi connectivity index (χ1v) is 8.75. The number of carboxylic acids is 1. The molecule has 0 aliphatic carbocycles. The van der Waals surface area contributed by atoms with Crippen LogP contribution in [0, 0.1) is 11.3 Å². The van der Waals surface area contributed by atoms with Gasteiger partial charge in [-0.25, -0.2) is 4.79 Å². The summed E-state index contributed by atoms with van der Waals surface area (Å²) in [6.45, 7) is 6.45. The minimum atomic E-state index is -1.23. The Bertz CT molecular complexity index is 1050. The lowest BCUT2D eigenvalue weighted by molar-refractivity contribution is -0.132. The molecule has 130 valence electrons. The quantitative estimate of drug-likeness (QED) is 0.541. The van der Waals surface area contributed by atoms with Gasteiger partial charge in [-0.15, -0.1) is 0 Å². The SMILES string of the molecule is CC(C)(C)c1ccc(-c2ccc(/C=C(\C#N)C(=O)O)cc2)c2nsnc12. The van der Waals surface area contributed by atoms with Crippen molar-refractivity contribution in [3.8, 4) is 17.2 Å². The maximum absolute atomic E-state index is 10.9. The van der Waals surface area contributed by atoms with E-state index in [1.165, 1.54) is 17.8 Å². The number of fused-ring (bicyclic) bond motifs is 1. The lowest BCUT2D eigenvalue weighted by atomic mass is 9.85. The molecule has 5 nitrogen and oxygen atoms in total. The zero-order chi connectivity index (χ0) is 18.9. The van der Waals surface area contributed by atoms with Crippen LogP contribution >= 0.6 is 11.7 Å². The first kappa shape index (κ1) is 17.8. The van der Waals surface area contributed by atoms with Gasteiger partial charge in [-0.1, -0.05) is 57.2 Å². The van der Waals surface area contributed by atoms with Gasteiger partial charge < -0.3 is 5.11 Å². The second-order valence-electron chi connectivity index (χ2n) is 6.97. The van der Waals surface area contributed by atoms with Crippen molar-refractivity contribution in [3.05, 3.63) is 53.1 Å². The van der Waals surface area contributed by atoms with Crippen LogP contribution in [0.1, 0.15) is 31.9 Å². The molecule has 0 amide bonds. The second-order valence-corrected chi connectivity index (χ2v) is 7.50. The summed E-state index contributed by atoms with van der Waals surface area (Å²) in [5, 5.41) is 17.8. The Kier molecular flexibility index (Phi) is 4.58. The Labute approximate surface area is 155 Å². The van der Waals surface area contributed by atoms with Crippen LogP contribution in [0.2, 0.25) is 0 Å². The zero-order valence-corrected chi connectivity index (χ0v) is 15.5. The number of aromatic nitrogens is 2. The van der Waals surface area contributed by atoms with Gasteiger partial charge in [0.1, 0.15) is 22.7 Å². The van der Waals surface area contributed by atoms with E-state index in [0.29, 0.717) is 5.56 Å². The van der Waals surface area contributed by atoms with Crippen molar-refractivity contribution in [3.63, 3.8) is 0 Å². The summed E-state index contributed by atoms with van der Waals surface area (Å²) in [6.07, 6.45) is 1.36. The molecule has 1 heterocycles. The normalized spacial score (nSPS) is 12.2. The molecule has 0 atom stereocenters. The first-order chi connectivity index (χ1) is 12.3. The van der Waals surface area contributed by atoms with E-state index in [-0.39, 0.29) is 11.0 Å². The van der Waals surface area contributed by atoms with E-state index in [4.69, 9.17) is 10.4 Å². The molecule has 1 N–H and O–H groups in total. The summed E-state index contributed by atoms with van der Waals surface area (Å²) < 4.78 is 8.95. The van der Waals surface area contributed by atoms with Crippen LogP contribution in [-0.4, -0.2) is 19.8 Å². The number of carboxylic acid groups (broad SMARTS) is 1. The maximum Gasteiger partial charge on any atom is 0.346 e. The smallest absolute Gasteiger partial charge is 0.346 e. The third-order valence-corrected chi connectivity index (χ3v) is 4.64. The molecule has 0 spiro atoms. The van der Waals surface area contributed by atoms with E-state index in [2.05, 4.69) is 35.6 Å². The number of benzene rings is 2. The van der Waals surface area contributed by atoms with Gasteiger partial charge in [-0.3, -0.25) is 0 Å². The number of hydrogen-bond acceptors (Lipinski definition) is 5. The molecular weight excluding hydrogens is 346 g/mol. The van der Waals surface area contributed by atoms with E-state index < -0.39 is 5.97 Å². The van der Waals surface area contributed by atoms with Crippen LogP contribution in [0.4, 0.5) is 0 Å². The highest BCUT2D eigenvalue weighted by Gasteiger charge is 2.21. The minimum absolute atomic E-state index is 0.0221. The van der Waals surface area contributed by atoms with Gasteiger partial charge in [0.25, 0.3) is 0 Å². The van der Waals surface area contributed by atoms with Gasteiger partial charge in [-0.2, -0.15) is 14.0 Å². The number of aliphatic carboxylic acids is 1. The molecule has 6 heteroatoms. The fraction of sp³-hybridized carbons (Fsp3) is 0.200. The Morgan fingerprint density at radius 1 is 1.12 bits per heavy atom. The van der Waals surface area contributed by atoms with Crippen LogP contribution in [0.3, 0.4) is 0 Å². The molecule has 3 rings (SSSR count). The number of nitrogens with zero attached hydrogens (tertiary/aromatic N) is 3. The molecule has 0 saturated carbocycles.